The van der Waals surface area contributed by atoms with Crippen LogP contribution in [0.25, 0.3) is 10.9 Å². The summed E-state index contributed by atoms with van der Waals surface area (Å²) in [4.78, 5) is 16.7. The van der Waals surface area contributed by atoms with E-state index in [9.17, 15) is 4.79 Å². The predicted octanol–water partition coefficient (Wildman–Crippen LogP) is 5.47. The van der Waals surface area contributed by atoms with Gasteiger partial charge in [-0.1, -0.05) is 29.3 Å². The number of anilines is 1. The maximum absolute atomic E-state index is 12.8. The molecule has 1 unspecified atom stereocenters. The van der Waals surface area contributed by atoms with E-state index in [4.69, 9.17) is 27.9 Å². The van der Waals surface area contributed by atoms with Gasteiger partial charge in [-0.2, -0.15) is 0 Å². The van der Waals surface area contributed by atoms with Gasteiger partial charge in [-0.3, -0.25) is 9.78 Å². The van der Waals surface area contributed by atoms with Crippen LogP contribution < -0.4 is 5.32 Å². The highest BCUT2D eigenvalue weighted by molar-refractivity contribution is 6.39. The summed E-state index contributed by atoms with van der Waals surface area (Å²) in [5.74, 6) is -0.267. The zero-order valence-electron chi connectivity index (χ0n) is 15.5. The smallest absolute Gasteiger partial charge is 0.255 e. The molecule has 1 N–H and O–H groups in total. The SMILES string of the molecule is Cc1cn(CC2CCCCO2)c2cc(C(=O)Nc3c(Cl)cncc3Cl)ccc12. The average molecular weight is 418 g/mol. The van der Waals surface area contributed by atoms with Crippen LogP contribution in [-0.2, 0) is 11.3 Å². The van der Waals surface area contributed by atoms with Gasteiger partial charge < -0.3 is 14.6 Å². The maximum atomic E-state index is 12.8. The number of carbonyl (C=O) groups is 1. The summed E-state index contributed by atoms with van der Waals surface area (Å²) in [7, 11) is 0. The van der Waals surface area contributed by atoms with Crippen molar-refractivity contribution < 1.29 is 9.53 Å². The Morgan fingerprint density at radius 2 is 2.07 bits per heavy atom. The molecule has 1 atom stereocenters. The fourth-order valence-electron chi connectivity index (χ4n) is 3.66. The van der Waals surface area contributed by atoms with Crippen LogP contribution in [0.1, 0.15) is 35.2 Å². The number of pyridine rings is 1. The number of hydrogen-bond acceptors (Lipinski definition) is 3. The van der Waals surface area contributed by atoms with Gasteiger partial charge in [0.15, 0.2) is 0 Å². The number of benzene rings is 1. The molecule has 1 aromatic carbocycles. The number of rotatable bonds is 4. The van der Waals surface area contributed by atoms with E-state index < -0.39 is 0 Å². The topological polar surface area (TPSA) is 56.1 Å². The third kappa shape index (κ3) is 3.88. The van der Waals surface area contributed by atoms with Gasteiger partial charge in [-0.25, -0.2) is 0 Å². The Morgan fingerprint density at radius 1 is 1.29 bits per heavy atom. The number of carbonyl (C=O) groups excluding carboxylic acids is 1. The Morgan fingerprint density at radius 3 is 2.79 bits per heavy atom. The molecule has 28 heavy (non-hydrogen) atoms. The van der Waals surface area contributed by atoms with Crippen LogP contribution in [0.4, 0.5) is 5.69 Å². The molecule has 0 radical (unpaired) electrons. The number of aryl methyl sites for hydroxylation is 1. The summed E-state index contributed by atoms with van der Waals surface area (Å²) in [5, 5.41) is 4.53. The Balaban J connectivity index is 1.62. The summed E-state index contributed by atoms with van der Waals surface area (Å²) in [6, 6.07) is 5.70. The molecule has 4 rings (SSSR count). The summed E-state index contributed by atoms with van der Waals surface area (Å²) >= 11 is 12.2. The number of amides is 1. The molecule has 7 heteroatoms. The first-order valence-electron chi connectivity index (χ1n) is 9.34. The van der Waals surface area contributed by atoms with Crippen LogP contribution in [-0.4, -0.2) is 28.2 Å². The fraction of sp³-hybridized carbons (Fsp3) is 0.333. The summed E-state index contributed by atoms with van der Waals surface area (Å²) < 4.78 is 8.07. The highest BCUT2D eigenvalue weighted by Gasteiger charge is 2.18. The molecule has 3 aromatic rings. The first-order chi connectivity index (χ1) is 13.5. The Labute approximate surface area is 173 Å². The normalized spacial score (nSPS) is 17.0. The fourth-order valence-corrected chi connectivity index (χ4v) is 4.11. The van der Waals surface area contributed by atoms with E-state index in [2.05, 4.69) is 28.0 Å². The van der Waals surface area contributed by atoms with E-state index in [1.54, 1.807) is 0 Å². The van der Waals surface area contributed by atoms with Crippen molar-refractivity contribution in [1.29, 1.82) is 0 Å². The Hall–Kier alpha value is -2.08. The minimum Gasteiger partial charge on any atom is -0.376 e. The molecule has 1 fully saturated rings. The molecule has 1 amide bonds. The minimum absolute atomic E-state index is 0.218. The first kappa shape index (κ1) is 19.2. The number of halogens is 2. The van der Waals surface area contributed by atoms with Gasteiger partial charge in [0.1, 0.15) is 0 Å². The second-order valence-electron chi connectivity index (χ2n) is 7.12. The number of hydrogen-bond donors (Lipinski definition) is 1. The molecule has 0 saturated carbocycles. The minimum atomic E-state index is -0.267. The second-order valence-corrected chi connectivity index (χ2v) is 7.93. The Bertz CT molecular complexity index is 1010. The van der Waals surface area contributed by atoms with E-state index in [0.29, 0.717) is 21.3 Å². The van der Waals surface area contributed by atoms with Crippen molar-refractivity contribution in [3.8, 4) is 0 Å². The van der Waals surface area contributed by atoms with Crippen LogP contribution >= 0.6 is 23.2 Å². The molecule has 1 aliphatic heterocycles. The van der Waals surface area contributed by atoms with Crippen LogP contribution in [0.15, 0.2) is 36.8 Å². The van der Waals surface area contributed by atoms with Crippen molar-refractivity contribution >= 4 is 45.7 Å². The molecule has 5 nitrogen and oxygen atoms in total. The molecule has 146 valence electrons. The van der Waals surface area contributed by atoms with Gasteiger partial charge in [-0.15, -0.1) is 0 Å². The Kier molecular flexibility index (Phi) is 5.58. The lowest BCUT2D eigenvalue weighted by molar-refractivity contribution is 0.00669. The average Bonchev–Trinajstić information content (AvgIpc) is 3.00. The van der Waals surface area contributed by atoms with E-state index in [1.165, 1.54) is 24.4 Å². The molecular formula is C21H21Cl2N3O2. The standard InChI is InChI=1S/C21H21Cl2N3O2/c1-13-11-26(12-15-4-2-3-7-28-15)19-8-14(5-6-16(13)19)21(27)25-20-17(22)9-24-10-18(20)23/h5-6,8-11,15H,2-4,7,12H2,1H3,(H,24,25,27). The number of nitrogens with zero attached hydrogens (tertiary/aromatic N) is 2. The summed E-state index contributed by atoms with van der Waals surface area (Å²) in [6.07, 6.45) is 8.64. The number of aromatic nitrogens is 2. The van der Waals surface area contributed by atoms with Gasteiger partial charge in [-0.05, 0) is 43.9 Å². The molecule has 0 spiro atoms. The van der Waals surface area contributed by atoms with Gasteiger partial charge in [0.25, 0.3) is 5.91 Å². The molecule has 2 aromatic heterocycles. The van der Waals surface area contributed by atoms with Crippen molar-refractivity contribution in [1.82, 2.24) is 9.55 Å². The molecule has 1 saturated heterocycles. The summed E-state index contributed by atoms with van der Waals surface area (Å²) in [5.41, 5.74) is 3.11. The number of ether oxygens (including phenoxy) is 1. The monoisotopic (exact) mass is 417 g/mol. The van der Waals surface area contributed by atoms with Gasteiger partial charge >= 0.3 is 0 Å². The van der Waals surface area contributed by atoms with Gasteiger partial charge in [0.05, 0.1) is 21.8 Å². The zero-order valence-corrected chi connectivity index (χ0v) is 17.1. The summed E-state index contributed by atoms with van der Waals surface area (Å²) in [6.45, 7) is 3.69. The number of fused-ring (bicyclic) bond motifs is 1. The quantitative estimate of drug-likeness (QED) is 0.611. The van der Waals surface area contributed by atoms with Crippen LogP contribution in [0, 0.1) is 6.92 Å². The lowest BCUT2D eigenvalue weighted by Gasteiger charge is -2.23. The third-order valence-corrected chi connectivity index (χ3v) is 5.68. The van der Waals surface area contributed by atoms with Crippen molar-refractivity contribution in [3.63, 3.8) is 0 Å². The molecular weight excluding hydrogens is 397 g/mol. The molecule has 0 bridgehead atoms. The highest BCUT2D eigenvalue weighted by atomic mass is 35.5. The van der Waals surface area contributed by atoms with E-state index in [0.717, 1.165) is 36.9 Å². The van der Waals surface area contributed by atoms with Crippen molar-refractivity contribution in [2.45, 2.75) is 38.8 Å². The zero-order chi connectivity index (χ0) is 19.7. The first-order valence-corrected chi connectivity index (χ1v) is 10.1. The van der Waals surface area contributed by atoms with Crippen LogP contribution in [0.2, 0.25) is 10.0 Å². The van der Waals surface area contributed by atoms with Gasteiger partial charge in [0.2, 0.25) is 0 Å². The van der Waals surface area contributed by atoms with Crippen molar-refractivity contribution in [2.24, 2.45) is 0 Å². The lowest BCUT2D eigenvalue weighted by atomic mass is 10.1. The number of nitrogens with one attached hydrogen (secondary N) is 1. The third-order valence-electron chi connectivity index (χ3n) is 5.11. The largest absolute Gasteiger partial charge is 0.376 e. The maximum Gasteiger partial charge on any atom is 0.255 e. The predicted molar refractivity (Wildman–Crippen MR) is 112 cm³/mol. The van der Waals surface area contributed by atoms with Crippen LogP contribution in [0.5, 0.6) is 0 Å². The second kappa shape index (κ2) is 8.11. The highest BCUT2D eigenvalue weighted by Crippen LogP contribution is 2.30. The lowest BCUT2D eigenvalue weighted by Crippen LogP contribution is -2.24. The van der Waals surface area contributed by atoms with E-state index in [1.807, 2.05) is 18.2 Å². The van der Waals surface area contributed by atoms with E-state index >= 15 is 0 Å². The van der Waals surface area contributed by atoms with E-state index in [-0.39, 0.29) is 12.0 Å². The van der Waals surface area contributed by atoms with Crippen LogP contribution in [0.3, 0.4) is 0 Å². The molecule has 0 aliphatic carbocycles. The van der Waals surface area contributed by atoms with Gasteiger partial charge in [0, 0.05) is 48.2 Å². The molecule has 3 heterocycles. The molecule has 1 aliphatic rings. The van der Waals surface area contributed by atoms with Crippen molar-refractivity contribution in [3.05, 3.63) is 58.0 Å². The van der Waals surface area contributed by atoms with Crippen molar-refractivity contribution in [2.75, 3.05) is 11.9 Å².